The summed E-state index contributed by atoms with van der Waals surface area (Å²) >= 11 is 0. The number of pyridine rings is 1. The van der Waals surface area contributed by atoms with E-state index in [1.165, 1.54) is 21.7 Å². The van der Waals surface area contributed by atoms with E-state index < -0.39 is 22.7 Å². The van der Waals surface area contributed by atoms with Gasteiger partial charge in [-0.05, 0) is 51.2 Å². The standard InChI is InChI=1S/C30H41N3O6/c1-28(2,3)39-27(37)32-15-14-30(38,29(19-32)12-8-9-13-29)20-33-17-24(26(36)31(4)5)23(16-25(33)35)22-11-7-6-10-21(22)18-34/h6-7,10-11,16-17,34,38H,8-9,12-15,18-20H2,1-5H3. The number of carbonyl (C=O) groups excluding carboxylic acids is 2. The molecule has 9 heteroatoms. The zero-order valence-corrected chi connectivity index (χ0v) is 23.7. The Kier molecular flexibility index (Phi) is 7.96. The number of rotatable bonds is 5. The van der Waals surface area contributed by atoms with Crippen molar-refractivity contribution in [2.24, 2.45) is 5.41 Å². The Morgan fingerprint density at radius 1 is 1.08 bits per heavy atom. The van der Waals surface area contributed by atoms with Gasteiger partial charge in [-0.15, -0.1) is 0 Å². The lowest BCUT2D eigenvalue weighted by atomic mass is 9.66. The predicted molar refractivity (Wildman–Crippen MR) is 148 cm³/mol. The van der Waals surface area contributed by atoms with Crippen molar-refractivity contribution in [2.75, 3.05) is 27.2 Å². The maximum atomic E-state index is 13.5. The molecule has 1 aliphatic heterocycles. The van der Waals surface area contributed by atoms with Gasteiger partial charge in [0.1, 0.15) is 5.60 Å². The lowest BCUT2D eigenvalue weighted by Gasteiger charge is -2.52. The normalized spacial score (nSPS) is 20.7. The molecule has 9 nitrogen and oxygen atoms in total. The number of aliphatic hydroxyl groups excluding tert-OH is 1. The summed E-state index contributed by atoms with van der Waals surface area (Å²) in [5, 5.41) is 22.1. The highest BCUT2D eigenvalue weighted by molar-refractivity contribution is 6.00. The van der Waals surface area contributed by atoms with E-state index in [0.717, 1.165) is 25.7 Å². The number of aliphatic hydroxyl groups is 2. The van der Waals surface area contributed by atoms with Gasteiger partial charge in [-0.2, -0.15) is 0 Å². The number of piperidine rings is 1. The van der Waals surface area contributed by atoms with E-state index in [-0.39, 0.29) is 24.6 Å². The van der Waals surface area contributed by atoms with Crippen molar-refractivity contribution in [3.8, 4) is 11.1 Å². The molecule has 1 atom stereocenters. The molecule has 1 aromatic carbocycles. The number of hydrogen-bond donors (Lipinski definition) is 2. The maximum absolute atomic E-state index is 13.5. The number of likely N-dealkylation sites (tertiary alicyclic amines) is 1. The Labute approximate surface area is 230 Å². The van der Waals surface area contributed by atoms with Gasteiger partial charge in [0.15, 0.2) is 0 Å². The molecule has 1 spiro atoms. The largest absolute Gasteiger partial charge is 0.444 e. The third-order valence-electron chi connectivity index (χ3n) is 8.16. The van der Waals surface area contributed by atoms with Crippen molar-refractivity contribution in [1.29, 1.82) is 0 Å². The first kappa shape index (κ1) is 28.8. The summed E-state index contributed by atoms with van der Waals surface area (Å²) in [4.78, 5) is 42.8. The number of amides is 2. The Bertz CT molecular complexity index is 1290. The van der Waals surface area contributed by atoms with Gasteiger partial charge in [0.2, 0.25) is 0 Å². The highest BCUT2D eigenvalue weighted by atomic mass is 16.6. The Hall–Kier alpha value is -3.17. The van der Waals surface area contributed by atoms with Crippen LogP contribution in [-0.4, -0.2) is 75.0 Å². The lowest BCUT2D eigenvalue weighted by molar-refractivity contribution is -0.140. The van der Waals surface area contributed by atoms with Crippen LogP contribution in [0, 0.1) is 5.41 Å². The van der Waals surface area contributed by atoms with Crippen molar-refractivity contribution >= 4 is 12.0 Å². The fourth-order valence-electron chi connectivity index (χ4n) is 6.11. The molecule has 2 N–H and O–H groups in total. The molecular weight excluding hydrogens is 498 g/mol. The molecule has 2 aliphatic rings. The number of ether oxygens (including phenoxy) is 1. The van der Waals surface area contributed by atoms with Gasteiger partial charge in [-0.25, -0.2) is 4.79 Å². The van der Waals surface area contributed by atoms with Crippen molar-refractivity contribution in [3.63, 3.8) is 0 Å². The van der Waals surface area contributed by atoms with Crippen LogP contribution >= 0.6 is 0 Å². The molecule has 2 aromatic rings. The van der Waals surface area contributed by atoms with E-state index in [9.17, 15) is 24.6 Å². The molecule has 0 radical (unpaired) electrons. The molecule has 1 unspecified atom stereocenters. The monoisotopic (exact) mass is 539 g/mol. The Morgan fingerprint density at radius 2 is 1.74 bits per heavy atom. The second-order valence-corrected chi connectivity index (χ2v) is 12.3. The van der Waals surface area contributed by atoms with Crippen molar-refractivity contribution in [1.82, 2.24) is 14.4 Å². The fourth-order valence-corrected chi connectivity index (χ4v) is 6.11. The van der Waals surface area contributed by atoms with Crippen LogP contribution in [0.4, 0.5) is 4.79 Å². The highest BCUT2D eigenvalue weighted by Crippen LogP contribution is 2.51. The average Bonchev–Trinajstić information content (AvgIpc) is 3.35. The van der Waals surface area contributed by atoms with Crippen LogP contribution < -0.4 is 5.56 Å². The van der Waals surface area contributed by atoms with Crippen LogP contribution in [0.3, 0.4) is 0 Å². The molecule has 212 valence electrons. The first-order chi connectivity index (χ1) is 18.3. The van der Waals surface area contributed by atoms with Crippen LogP contribution in [0.1, 0.15) is 68.8 Å². The van der Waals surface area contributed by atoms with E-state index in [1.807, 2.05) is 20.8 Å². The molecule has 4 rings (SSSR count). The van der Waals surface area contributed by atoms with E-state index in [0.29, 0.717) is 41.8 Å². The van der Waals surface area contributed by atoms with Gasteiger partial charge < -0.3 is 29.3 Å². The van der Waals surface area contributed by atoms with E-state index >= 15 is 0 Å². The molecular formula is C30H41N3O6. The summed E-state index contributed by atoms with van der Waals surface area (Å²) in [5.74, 6) is -0.284. The minimum atomic E-state index is -1.24. The maximum Gasteiger partial charge on any atom is 0.410 e. The molecule has 1 aliphatic carbocycles. The summed E-state index contributed by atoms with van der Waals surface area (Å²) in [6, 6.07) is 8.56. The van der Waals surface area contributed by atoms with Crippen LogP contribution in [0.25, 0.3) is 11.1 Å². The number of hydrogen-bond acceptors (Lipinski definition) is 6. The first-order valence-electron chi connectivity index (χ1n) is 13.6. The molecule has 0 bridgehead atoms. The van der Waals surface area contributed by atoms with Crippen molar-refractivity contribution in [3.05, 3.63) is 58.0 Å². The Balaban J connectivity index is 1.73. The second-order valence-electron chi connectivity index (χ2n) is 12.3. The van der Waals surface area contributed by atoms with E-state index in [1.54, 1.807) is 43.3 Å². The van der Waals surface area contributed by atoms with Crippen molar-refractivity contribution < 1.29 is 24.5 Å². The van der Waals surface area contributed by atoms with Gasteiger partial charge >= 0.3 is 6.09 Å². The lowest BCUT2D eigenvalue weighted by Crippen LogP contribution is -2.62. The average molecular weight is 540 g/mol. The molecule has 39 heavy (non-hydrogen) atoms. The molecule has 1 aromatic heterocycles. The van der Waals surface area contributed by atoms with Gasteiger partial charge in [-0.3, -0.25) is 9.59 Å². The van der Waals surface area contributed by atoms with Crippen LogP contribution in [0.2, 0.25) is 0 Å². The molecule has 2 amide bonds. The molecule has 1 saturated carbocycles. The topological polar surface area (TPSA) is 112 Å². The second kappa shape index (κ2) is 10.8. The minimum absolute atomic E-state index is 0.0175. The third kappa shape index (κ3) is 5.75. The summed E-state index contributed by atoms with van der Waals surface area (Å²) in [7, 11) is 3.29. The molecule has 1 saturated heterocycles. The summed E-state index contributed by atoms with van der Waals surface area (Å²) in [6.45, 7) is 5.95. The number of carbonyl (C=O) groups is 2. The first-order valence-corrected chi connectivity index (χ1v) is 13.6. The quantitative estimate of drug-likeness (QED) is 0.600. The molecule has 2 heterocycles. The van der Waals surface area contributed by atoms with Crippen LogP contribution in [0.15, 0.2) is 41.3 Å². The number of benzene rings is 1. The van der Waals surface area contributed by atoms with Gasteiger partial charge in [0.25, 0.3) is 11.5 Å². The van der Waals surface area contributed by atoms with Crippen LogP contribution in [0.5, 0.6) is 0 Å². The minimum Gasteiger partial charge on any atom is -0.444 e. The smallest absolute Gasteiger partial charge is 0.410 e. The highest BCUT2D eigenvalue weighted by Gasteiger charge is 2.56. The zero-order chi connectivity index (χ0) is 28.6. The van der Waals surface area contributed by atoms with Gasteiger partial charge in [0, 0.05) is 50.4 Å². The molecule has 2 fully saturated rings. The predicted octanol–water partition coefficient (Wildman–Crippen LogP) is 3.64. The SMILES string of the molecule is CN(C)C(=O)c1cn(CC2(O)CCN(C(=O)OC(C)(C)C)CC23CCCC3)c(=O)cc1-c1ccccc1CO. The zero-order valence-electron chi connectivity index (χ0n) is 23.7. The van der Waals surface area contributed by atoms with Gasteiger partial charge in [0.05, 0.1) is 24.3 Å². The summed E-state index contributed by atoms with van der Waals surface area (Å²) in [5.41, 5.74) is -0.787. The van der Waals surface area contributed by atoms with Crippen LogP contribution in [-0.2, 0) is 17.9 Å². The summed E-state index contributed by atoms with van der Waals surface area (Å²) < 4.78 is 7.05. The fraction of sp³-hybridized carbons (Fsp3) is 0.567. The number of aromatic nitrogens is 1. The Morgan fingerprint density at radius 3 is 2.36 bits per heavy atom. The number of nitrogens with zero attached hydrogens (tertiary/aromatic N) is 3. The summed E-state index contributed by atoms with van der Waals surface area (Å²) in [6.07, 6.45) is 4.78. The van der Waals surface area contributed by atoms with Crippen molar-refractivity contribution in [2.45, 2.75) is 77.2 Å². The van der Waals surface area contributed by atoms with E-state index in [4.69, 9.17) is 4.74 Å². The van der Waals surface area contributed by atoms with E-state index in [2.05, 4.69) is 0 Å². The van der Waals surface area contributed by atoms with Gasteiger partial charge in [-0.1, -0.05) is 37.1 Å². The third-order valence-corrected chi connectivity index (χ3v) is 8.16.